The average Bonchev–Trinajstić information content (AvgIpc) is 3.54. The van der Waals surface area contributed by atoms with Crippen molar-refractivity contribution >= 4 is 41.2 Å². The highest BCUT2D eigenvalue weighted by Crippen LogP contribution is 2.52. The molecule has 19 heteroatoms. The monoisotopic (exact) mass is 850 g/mol. The van der Waals surface area contributed by atoms with Crippen LogP contribution in [-0.2, 0) is 44.6 Å². The minimum Gasteiger partial charge on any atom is -0.507 e. The van der Waals surface area contributed by atoms with Crippen LogP contribution in [0.5, 0.6) is 17.2 Å². The van der Waals surface area contributed by atoms with Gasteiger partial charge in [-0.2, -0.15) is 0 Å². The minimum atomic E-state index is -2.39. The number of hydroxylamine groups is 2. The topological polar surface area (TPSA) is 282 Å². The lowest BCUT2D eigenvalue weighted by atomic mass is 9.72. The van der Waals surface area contributed by atoms with Gasteiger partial charge >= 0.3 is 12.1 Å². The second-order valence-corrected chi connectivity index (χ2v) is 16.2. The third-order valence-electron chi connectivity index (χ3n) is 12.2. The molecule has 0 saturated carbocycles. The molecule has 2 unspecified atom stereocenters. The zero-order valence-electron chi connectivity index (χ0n) is 33.5. The highest BCUT2D eigenvalue weighted by molar-refractivity contribution is 6.31. The molecule has 2 aromatic carbocycles. The van der Waals surface area contributed by atoms with Crippen molar-refractivity contribution in [2.45, 2.75) is 114 Å². The maximum atomic E-state index is 14.0. The third-order valence-corrected chi connectivity index (χ3v) is 12.2. The quantitative estimate of drug-likeness (QED) is 0.102. The summed E-state index contributed by atoms with van der Waals surface area (Å²) in [5.74, 6) is -6.26. The summed E-state index contributed by atoms with van der Waals surface area (Å²) in [4.78, 5) is 96.5. The van der Waals surface area contributed by atoms with Gasteiger partial charge in [-0.05, 0) is 51.7 Å². The number of Topliss-reactive ketones (excluding diaryl/α,β-unsaturated/α-hetero) is 1. The Kier molecular flexibility index (Phi) is 11.8. The van der Waals surface area contributed by atoms with Crippen LogP contribution in [0, 0.1) is 5.41 Å². The first-order valence-corrected chi connectivity index (χ1v) is 19.9. The van der Waals surface area contributed by atoms with Gasteiger partial charge in [0, 0.05) is 48.8 Å². The van der Waals surface area contributed by atoms with Gasteiger partial charge in [0.05, 0.1) is 47.5 Å². The minimum absolute atomic E-state index is 0.0354. The van der Waals surface area contributed by atoms with Crippen molar-refractivity contribution in [1.82, 2.24) is 10.4 Å². The number of fused-ring (bicyclic) bond motifs is 3. The molecule has 2 heterocycles. The Bertz CT molecular complexity index is 2220. The van der Waals surface area contributed by atoms with Crippen LogP contribution in [0.25, 0.3) is 0 Å². The van der Waals surface area contributed by atoms with Gasteiger partial charge in [-0.15, -0.1) is 5.06 Å². The summed E-state index contributed by atoms with van der Waals surface area (Å²) in [6.45, 7) is 2.00. The molecule has 61 heavy (non-hydrogen) atoms. The van der Waals surface area contributed by atoms with E-state index in [2.05, 4.69) is 5.32 Å². The van der Waals surface area contributed by atoms with Gasteiger partial charge in [-0.25, -0.2) is 9.59 Å². The number of alkyl carbamates (subject to hydrolysis) is 1. The van der Waals surface area contributed by atoms with E-state index < -0.39 is 131 Å². The second kappa shape index (κ2) is 16.6. The number of hydrogen-bond donors (Lipinski definition) is 6. The molecule has 2 fully saturated rings. The Morgan fingerprint density at radius 1 is 1.00 bits per heavy atom. The fraction of sp³-hybridized carbons (Fsp3) is 0.500. The zero-order chi connectivity index (χ0) is 44.1. The number of amides is 3. The Balaban J connectivity index is 1.10. The van der Waals surface area contributed by atoms with Crippen molar-refractivity contribution in [3.8, 4) is 17.2 Å². The molecule has 0 radical (unpaired) electrons. The van der Waals surface area contributed by atoms with Crippen LogP contribution in [0.1, 0.15) is 114 Å². The largest absolute Gasteiger partial charge is 0.507 e. The van der Waals surface area contributed by atoms with E-state index in [1.165, 1.54) is 32.2 Å². The predicted octanol–water partition coefficient (Wildman–Crippen LogP) is 1.88. The van der Waals surface area contributed by atoms with Crippen molar-refractivity contribution in [3.63, 3.8) is 0 Å². The normalized spacial score (nSPS) is 30.3. The SMILES string of the molecule is COc1cccc2c1C(=O)c1c(O)c3c(c(O)c1C2=O)C[C@@](O)(C(=O)CO)C[C@@H]3O[C@H]1CC(NC(=O)O[C@@H]2/C=C/CC[C@](C)(C(=O)ON3C(=O)CCC3=O)CC2)[C@H](O)C(C)O1. The molecule has 3 aliphatic carbocycles. The molecule has 5 aliphatic rings. The fourth-order valence-corrected chi connectivity index (χ4v) is 8.67. The second-order valence-electron chi connectivity index (χ2n) is 16.2. The van der Waals surface area contributed by atoms with Gasteiger partial charge in [-0.3, -0.25) is 24.0 Å². The average molecular weight is 851 g/mol. The van der Waals surface area contributed by atoms with E-state index in [1.807, 2.05) is 0 Å². The first kappa shape index (κ1) is 43.4. The van der Waals surface area contributed by atoms with Crippen molar-refractivity contribution < 1.29 is 82.9 Å². The maximum absolute atomic E-state index is 14.0. The summed E-state index contributed by atoms with van der Waals surface area (Å²) in [7, 11) is 1.29. The third kappa shape index (κ3) is 7.87. The number of aliphatic hydroxyl groups is 3. The van der Waals surface area contributed by atoms with Crippen LogP contribution >= 0.6 is 0 Å². The van der Waals surface area contributed by atoms with Crippen LogP contribution in [0.2, 0.25) is 0 Å². The summed E-state index contributed by atoms with van der Waals surface area (Å²) in [6.07, 6.45) is -4.27. The number of ether oxygens (including phenoxy) is 4. The number of rotatable bonds is 9. The lowest BCUT2D eigenvalue weighted by Crippen LogP contribution is -2.56. The molecule has 2 aromatic rings. The first-order valence-electron chi connectivity index (χ1n) is 19.9. The smallest absolute Gasteiger partial charge is 0.408 e. The van der Waals surface area contributed by atoms with Crippen LogP contribution < -0.4 is 10.1 Å². The van der Waals surface area contributed by atoms with Crippen LogP contribution in [0.4, 0.5) is 4.79 Å². The number of methoxy groups -OCH3 is 1. The number of phenols is 2. The molecule has 7 rings (SSSR count). The summed E-state index contributed by atoms with van der Waals surface area (Å²) in [6, 6.07) is 3.17. The van der Waals surface area contributed by atoms with E-state index in [1.54, 1.807) is 19.1 Å². The summed E-state index contributed by atoms with van der Waals surface area (Å²) >= 11 is 0. The fourth-order valence-electron chi connectivity index (χ4n) is 8.67. The molecule has 326 valence electrons. The maximum Gasteiger partial charge on any atom is 0.408 e. The van der Waals surface area contributed by atoms with Crippen molar-refractivity contribution in [2.75, 3.05) is 13.7 Å². The highest BCUT2D eigenvalue weighted by Gasteiger charge is 2.51. The number of phenolic OH excluding ortho intramolecular Hbond substituents is 2. The molecule has 0 bridgehead atoms. The number of carbonyl (C=O) groups excluding carboxylic acids is 7. The van der Waals surface area contributed by atoms with Crippen LogP contribution in [-0.4, -0.2) is 122 Å². The Morgan fingerprint density at radius 3 is 2.39 bits per heavy atom. The molecular weight excluding hydrogens is 804 g/mol. The predicted molar refractivity (Wildman–Crippen MR) is 204 cm³/mol. The summed E-state index contributed by atoms with van der Waals surface area (Å²) in [5, 5.41) is 59.0. The molecule has 6 N–H and O–H groups in total. The van der Waals surface area contributed by atoms with Gasteiger partial charge in [0.15, 0.2) is 17.9 Å². The van der Waals surface area contributed by atoms with Gasteiger partial charge in [0.25, 0.3) is 11.8 Å². The number of nitrogens with one attached hydrogen (secondary N) is 1. The lowest BCUT2D eigenvalue weighted by Gasteiger charge is -2.42. The molecule has 2 aliphatic heterocycles. The van der Waals surface area contributed by atoms with Gasteiger partial charge in [0.1, 0.15) is 41.7 Å². The van der Waals surface area contributed by atoms with E-state index >= 15 is 0 Å². The van der Waals surface area contributed by atoms with E-state index in [0.29, 0.717) is 17.9 Å². The lowest BCUT2D eigenvalue weighted by molar-refractivity contribution is -0.249. The highest BCUT2D eigenvalue weighted by atomic mass is 16.7. The number of nitrogens with zero attached hydrogens (tertiary/aromatic N) is 1. The number of carbonyl (C=O) groups is 7. The van der Waals surface area contributed by atoms with Crippen molar-refractivity contribution in [2.24, 2.45) is 5.41 Å². The van der Waals surface area contributed by atoms with E-state index in [-0.39, 0.29) is 60.1 Å². The molecule has 3 amide bonds. The van der Waals surface area contributed by atoms with Crippen LogP contribution in [0.15, 0.2) is 30.4 Å². The number of aliphatic hydroxyl groups excluding tert-OH is 2. The number of imide groups is 1. The number of allylic oxidation sites excluding steroid dienone is 1. The molecule has 0 aromatic heterocycles. The first-order chi connectivity index (χ1) is 28.9. The molecule has 2 saturated heterocycles. The van der Waals surface area contributed by atoms with Crippen molar-refractivity contribution in [3.05, 3.63) is 63.7 Å². The molecule has 19 nitrogen and oxygen atoms in total. The number of ketones is 3. The van der Waals surface area contributed by atoms with Crippen molar-refractivity contribution in [1.29, 1.82) is 0 Å². The Hall–Kier alpha value is -5.73. The summed E-state index contributed by atoms with van der Waals surface area (Å²) in [5.41, 5.74) is -5.43. The molecular formula is C42H46N2O17. The Labute approximate surface area is 348 Å². The standard InChI is InChI=1S/C42H46N2O17/c1-19-34(49)23(43-40(55)59-20-7-4-5-13-41(2,14-12-20)39(54)61-44-27(47)10-11-28(44)48)15-29(58-19)60-25-17-42(56,26(46)18-45)16-22-31(25)38(53)33-32(36(22)51)35(50)21-8-6-9-24(57-3)30(21)37(33)52/h4,6-9,19-20,23,25,29,34,45,49,51,53,56H,5,10-18H2,1-3H3,(H,43,55)/b7-4+/t19?,20-,23?,25+,29+,34-,41+,42+/m1/s1. The molecule has 8 atom stereocenters. The van der Waals surface area contributed by atoms with Gasteiger partial charge in [-0.1, -0.05) is 18.2 Å². The summed E-state index contributed by atoms with van der Waals surface area (Å²) < 4.78 is 23.1. The number of benzene rings is 2. The number of aromatic hydroxyl groups is 2. The zero-order valence-corrected chi connectivity index (χ0v) is 33.5. The van der Waals surface area contributed by atoms with E-state index in [4.69, 9.17) is 23.8 Å². The molecule has 0 spiro atoms. The number of hydrogen-bond acceptors (Lipinski definition) is 17. The van der Waals surface area contributed by atoms with Gasteiger partial charge < -0.3 is 54.6 Å². The Morgan fingerprint density at radius 2 is 1.70 bits per heavy atom. The van der Waals surface area contributed by atoms with E-state index in [9.17, 15) is 59.1 Å². The van der Waals surface area contributed by atoms with Gasteiger partial charge in [0.2, 0.25) is 5.78 Å². The van der Waals surface area contributed by atoms with Crippen LogP contribution in [0.3, 0.4) is 0 Å². The van der Waals surface area contributed by atoms with E-state index in [0.717, 1.165) is 0 Å².